The van der Waals surface area contributed by atoms with Gasteiger partial charge in [-0.1, -0.05) is 5.92 Å². The van der Waals surface area contributed by atoms with Crippen LogP contribution in [0, 0.1) is 17.8 Å². The fourth-order valence-electron chi connectivity index (χ4n) is 4.46. The molecule has 0 aromatic carbocycles. The van der Waals surface area contributed by atoms with Crippen molar-refractivity contribution < 1.29 is 4.79 Å². The molecular weight excluding hydrogens is 352 g/mol. The smallest absolute Gasteiger partial charge is 0.272 e. The normalized spacial score (nSPS) is 17.8. The molecule has 1 saturated heterocycles. The van der Waals surface area contributed by atoms with E-state index in [4.69, 9.17) is 6.42 Å². The number of carbonyl (C=O) groups excluding carboxylic acids is 1. The first-order valence-corrected chi connectivity index (χ1v) is 9.31. The van der Waals surface area contributed by atoms with Crippen LogP contribution in [0.5, 0.6) is 0 Å². The Morgan fingerprint density at radius 1 is 1.29 bits per heavy atom. The molecule has 1 N–H and O–H groups in total. The van der Waals surface area contributed by atoms with E-state index in [2.05, 4.69) is 37.8 Å². The fraction of sp³-hybridized carbons (Fsp3) is 0.333. The van der Waals surface area contributed by atoms with Crippen LogP contribution in [0.3, 0.4) is 0 Å². The SMILES string of the molecule is C#Cc1ccc(C(=O)N2CC3(CC(N(C)c4ncnc5[nH]ccc45)C3)C2)nc1. The Morgan fingerprint density at radius 2 is 2.11 bits per heavy atom. The zero-order chi connectivity index (χ0) is 19.3. The van der Waals surface area contributed by atoms with Gasteiger partial charge in [-0.15, -0.1) is 6.42 Å². The second-order valence-electron chi connectivity index (χ2n) is 7.85. The second kappa shape index (κ2) is 6.06. The number of hydrogen-bond acceptors (Lipinski definition) is 5. The standard InChI is InChI=1S/C21H20N6O/c1-3-14-4-5-17(23-10-14)20(28)27-11-21(12-27)8-15(9-21)26(2)19-16-6-7-22-18(16)24-13-25-19/h1,4-7,10,13,15H,8-9,11-12H2,2H3,(H,22,24,25). The lowest BCUT2D eigenvalue weighted by Crippen LogP contribution is -2.67. The molecule has 0 unspecified atom stereocenters. The first-order chi connectivity index (χ1) is 13.6. The Hall–Kier alpha value is -3.40. The van der Waals surface area contributed by atoms with Crippen molar-refractivity contribution in [2.45, 2.75) is 18.9 Å². The second-order valence-corrected chi connectivity index (χ2v) is 7.85. The average Bonchev–Trinajstić information content (AvgIpc) is 3.14. The third-order valence-electron chi connectivity index (χ3n) is 6.04. The molecule has 140 valence electrons. The van der Waals surface area contributed by atoms with Crippen molar-refractivity contribution in [2.75, 3.05) is 25.0 Å². The van der Waals surface area contributed by atoms with Crippen LogP contribution < -0.4 is 4.90 Å². The topological polar surface area (TPSA) is 78.0 Å². The highest BCUT2D eigenvalue weighted by Gasteiger charge is 2.55. The van der Waals surface area contributed by atoms with Crippen LogP contribution in [0.4, 0.5) is 5.82 Å². The fourth-order valence-corrected chi connectivity index (χ4v) is 4.46. The molecule has 3 aromatic rings. The molecule has 1 spiro atoms. The summed E-state index contributed by atoms with van der Waals surface area (Å²) in [6, 6.07) is 5.90. The number of nitrogens with zero attached hydrogens (tertiary/aromatic N) is 5. The van der Waals surface area contributed by atoms with Gasteiger partial charge in [0.05, 0.1) is 5.39 Å². The van der Waals surface area contributed by atoms with Crippen LogP contribution in [-0.4, -0.2) is 56.9 Å². The van der Waals surface area contributed by atoms with Crippen LogP contribution in [0.25, 0.3) is 11.0 Å². The van der Waals surface area contributed by atoms with E-state index < -0.39 is 0 Å². The van der Waals surface area contributed by atoms with Gasteiger partial charge in [0.1, 0.15) is 23.5 Å². The van der Waals surface area contributed by atoms with Crippen LogP contribution >= 0.6 is 0 Å². The number of rotatable bonds is 3. The molecule has 7 nitrogen and oxygen atoms in total. The molecule has 0 atom stereocenters. The van der Waals surface area contributed by atoms with Gasteiger partial charge < -0.3 is 14.8 Å². The van der Waals surface area contributed by atoms with E-state index in [-0.39, 0.29) is 11.3 Å². The van der Waals surface area contributed by atoms with Crippen molar-refractivity contribution in [1.82, 2.24) is 24.8 Å². The number of terminal acetylenes is 1. The van der Waals surface area contributed by atoms with E-state index in [1.54, 1.807) is 24.7 Å². The molecule has 2 aliphatic rings. The molecule has 28 heavy (non-hydrogen) atoms. The van der Waals surface area contributed by atoms with Gasteiger partial charge in [-0.05, 0) is 31.0 Å². The van der Waals surface area contributed by atoms with Crippen LogP contribution in [-0.2, 0) is 0 Å². The number of likely N-dealkylation sites (tertiary alicyclic amines) is 1. The highest BCUT2D eigenvalue weighted by atomic mass is 16.2. The molecule has 3 aromatic heterocycles. The minimum Gasteiger partial charge on any atom is -0.356 e. The number of anilines is 1. The van der Waals surface area contributed by atoms with Crippen LogP contribution in [0.2, 0.25) is 0 Å². The first kappa shape index (κ1) is 16.8. The predicted molar refractivity (Wildman–Crippen MR) is 106 cm³/mol. The third-order valence-corrected chi connectivity index (χ3v) is 6.04. The molecule has 1 saturated carbocycles. The molecule has 1 aliphatic carbocycles. The number of pyridine rings is 1. The van der Waals surface area contributed by atoms with Gasteiger partial charge in [0.2, 0.25) is 0 Å². The summed E-state index contributed by atoms with van der Waals surface area (Å²) in [5.41, 5.74) is 2.23. The van der Waals surface area contributed by atoms with E-state index in [0.717, 1.165) is 42.8 Å². The van der Waals surface area contributed by atoms with Gasteiger partial charge in [0.15, 0.2) is 0 Å². The summed E-state index contributed by atoms with van der Waals surface area (Å²) < 4.78 is 0. The van der Waals surface area contributed by atoms with Crippen molar-refractivity contribution in [3.63, 3.8) is 0 Å². The van der Waals surface area contributed by atoms with Gasteiger partial charge in [0.25, 0.3) is 5.91 Å². The van der Waals surface area contributed by atoms with E-state index in [9.17, 15) is 4.79 Å². The number of hydrogen-bond donors (Lipinski definition) is 1. The minimum absolute atomic E-state index is 0.0177. The summed E-state index contributed by atoms with van der Waals surface area (Å²) in [4.78, 5) is 32.8. The Balaban J connectivity index is 1.21. The zero-order valence-electron chi connectivity index (χ0n) is 15.6. The van der Waals surface area contributed by atoms with Crippen LogP contribution in [0.15, 0.2) is 36.9 Å². The Bertz CT molecular complexity index is 1080. The summed E-state index contributed by atoms with van der Waals surface area (Å²) in [6.45, 7) is 1.58. The minimum atomic E-state index is -0.0177. The van der Waals surface area contributed by atoms with E-state index >= 15 is 0 Å². The Morgan fingerprint density at radius 3 is 2.82 bits per heavy atom. The molecule has 2 fully saturated rings. The number of carbonyl (C=O) groups is 1. The molecule has 1 amide bonds. The monoisotopic (exact) mass is 372 g/mol. The summed E-state index contributed by atoms with van der Waals surface area (Å²) in [5, 5.41) is 1.04. The third kappa shape index (κ3) is 2.53. The Labute approximate surface area is 162 Å². The van der Waals surface area contributed by atoms with Crippen molar-refractivity contribution in [1.29, 1.82) is 0 Å². The largest absolute Gasteiger partial charge is 0.356 e. The summed E-state index contributed by atoms with van der Waals surface area (Å²) in [7, 11) is 2.09. The molecule has 7 heteroatoms. The van der Waals surface area contributed by atoms with Gasteiger partial charge in [0, 0.05) is 49.6 Å². The number of amides is 1. The van der Waals surface area contributed by atoms with Gasteiger partial charge in [-0.25, -0.2) is 15.0 Å². The lowest BCUT2D eigenvalue weighted by atomic mass is 9.60. The highest BCUT2D eigenvalue weighted by Crippen LogP contribution is 2.51. The van der Waals surface area contributed by atoms with Gasteiger partial charge in [-0.3, -0.25) is 4.79 Å². The molecule has 1 aliphatic heterocycles. The summed E-state index contributed by atoms with van der Waals surface area (Å²) in [5.74, 6) is 3.45. The van der Waals surface area contributed by atoms with Crippen molar-refractivity contribution in [2.24, 2.45) is 5.41 Å². The number of aromatic nitrogens is 4. The summed E-state index contributed by atoms with van der Waals surface area (Å²) >= 11 is 0. The molecular formula is C21H20N6O. The number of H-pyrrole nitrogens is 1. The number of aromatic amines is 1. The maximum absolute atomic E-state index is 12.6. The number of nitrogens with one attached hydrogen (secondary N) is 1. The maximum Gasteiger partial charge on any atom is 0.272 e. The van der Waals surface area contributed by atoms with E-state index in [0.29, 0.717) is 17.3 Å². The van der Waals surface area contributed by atoms with Gasteiger partial charge >= 0.3 is 0 Å². The Kier molecular flexibility index (Phi) is 3.63. The first-order valence-electron chi connectivity index (χ1n) is 9.31. The quantitative estimate of drug-likeness (QED) is 0.712. The van der Waals surface area contributed by atoms with Gasteiger partial charge in [-0.2, -0.15) is 0 Å². The van der Waals surface area contributed by atoms with Crippen molar-refractivity contribution in [3.05, 3.63) is 48.2 Å². The molecule has 0 radical (unpaired) electrons. The van der Waals surface area contributed by atoms with Crippen LogP contribution in [0.1, 0.15) is 28.9 Å². The summed E-state index contributed by atoms with van der Waals surface area (Å²) in [6.07, 6.45) is 12.5. The average molecular weight is 372 g/mol. The van der Waals surface area contributed by atoms with E-state index in [1.807, 2.05) is 17.2 Å². The molecule has 4 heterocycles. The zero-order valence-corrected chi connectivity index (χ0v) is 15.6. The van der Waals surface area contributed by atoms with Crippen molar-refractivity contribution >= 4 is 22.8 Å². The number of fused-ring (bicyclic) bond motifs is 1. The van der Waals surface area contributed by atoms with E-state index in [1.165, 1.54) is 0 Å². The molecule has 5 rings (SSSR count). The molecule has 0 bridgehead atoms. The highest BCUT2D eigenvalue weighted by molar-refractivity contribution is 5.93. The lowest BCUT2D eigenvalue weighted by Gasteiger charge is -2.60. The predicted octanol–water partition coefficient (Wildman–Crippen LogP) is 2.08. The van der Waals surface area contributed by atoms with Crippen molar-refractivity contribution in [3.8, 4) is 12.3 Å². The lowest BCUT2D eigenvalue weighted by molar-refractivity contribution is -0.0543. The maximum atomic E-state index is 12.6.